The minimum atomic E-state index is 0.00144. The van der Waals surface area contributed by atoms with Crippen LogP contribution in [0.4, 0.5) is 11.5 Å². The molecule has 1 aromatic carbocycles. The van der Waals surface area contributed by atoms with Crippen LogP contribution in [0, 0.1) is 17.8 Å². The molecule has 26 heavy (non-hydrogen) atoms. The van der Waals surface area contributed by atoms with Crippen LogP contribution in [0.3, 0.4) is 0 Å². The van der Waals surface area contributed by atoms with Crippen LogP contribution in [0.1, 0.15) is 5.56 Å². The number of morpholine rings is 1. The summed E-state index contributed by atoms with van der Waals surface area (Å²) in [6.45, 7) is 3.18. The van der Waals surface area contributed by atoms with Crippen molar-refractivity contribution in [2.24, 2.45) is 17.8 Å². The first-order valence-electron chi connectivity index (χ1n) is 9.70. The van der Waals surface area contributed by atoms with Gasteiger partial charge in [0.25, 0.3) is 5.56 Å². The van der Waals surface area contributed by atoms with Gasteiger partial charge in [-0.3, -0.25) is 4.79 Å². The highest BCUT2D eigenvalue weighted by atomic mass is 16.5. The SMILES string of the molecule is O=c1cc(N2CCOCC2)cc(N2C3C4[C@H]3[C@@H]4[C@H]2Cc2ccccc2)[nH]1. The Bertz CT molecular complexity index is 880. The number of aromatic amines is 1. The highest BCUT2D eigenvalue weighted by molar-refractivity contribution is 5.62. The molecule has 5 aliphatic rings. The van der Waals surface area contributed by atoms with Crippen molar-refractivity contribution >= 4 is 11.5 Å². The minimum Gasteiger partial charge on any atom is -0.378 e. The van der Waals surface area contributed by atoms with E-state index in [4.69, 9.17) is 4.74 Å². The number of benzene rings is 1. The van der Waals surface area contributed by atoms with Crippen molar-refractivity contribution in [1.29, 1.82) is 0 Å². The molecule has 1 N–H and O–H groups in total. The molecular weight excluding hydrogens is 326 g/mol. The molecule has 134 valence electrons. The van der Waals surface area contributed by atoms with E-state index in [1.165, 1.54) is 5.56 Å². The summed E-state index contributed by atoms with van der Waals surface area (Å²) in [5, 5.41) is 0. The first-order valence-corrected chi connectivity index (χ1v) is 9.70. The second kappa shape index (κ2) is 5.36. The molecule has 2 aliphatic carbocycles. The Morgan fingerprint density at radius 1 is 1.04 bits per heavy atom. The number of anilines is 2. The number of nitrogens with one attached hydrogen (secondary N) is 1. The Morgan fingerprint density at radius 2 is 1.81 bits per heavy atom. The molecule has 5 heteroatoms. The lowest BCUT2D eigenvalue weighted by atomic mass is 10.0. The zero-order chi connectivity index (χ0) is 17.3. The number of ether oxygens (including phenoxy) is 1. The lowest BCUT2D eigenvalue weighted by Gasteiger charge is -2.31. The number of aromatic nitrogens is 1. The maximum absolute atomic E-state index is 12.4. The van der Waals surface area contributed by atoms with Crippen LogP contribution in [0.2, 0.25) is 0 Å². The van der Waals surface area contributed by atoms with Crippen molar-refractivity contribution in [2.75, 3.05) is 36.1 Å². The van der Waals surface area contributed by atoms with Gasteiger partial charge in [0.05, 0.1) is 13.2 Å². The van der Waals surface area contributed by atoms with Crippen molar-refractivity contribution in [3.63, 3.8) is 0 Å². The average molecular weight is 349 g/mol. The maximum Gasteiger partial charge on any atom is 0.251 e. The summed E-state index contributed by atoms with van der Waals surface area (Å²) in [4.78, 5) is 20.3. The van der Waals surface area contributed by atoms with Crippen LogP contribution in [0.25, 0.3) is 0 Å². The fourth-order valence-corrected chi connectivity index (χ4v) is 5.41. The maximum atomic E-state index is 12.4. The summed E-state index contributed by atoms with van der Waals surface area (Å²) in [7, 11) is 0. The van der Waals surface area contributed by atoms with E-state index in [1.54, 1.807) is 6.07 Å². The monoisotopic (exact) mass is 349 g/mol. The van der Waals surface area contributed by atoms with E-state index in [0.717, 1.165) is 62.0 Å². The first-order chi connectivity index (χ1) is 12.8. The van der Waals surface area contributed by atoms with E-state index < -0.39 is 0 Å². The van der Waals surface area contributed by atoms with Crippen molar-refractivity contribution in [2.45, 2.75) is 18.5 Å². The van der Waals surface area contributed by atoms with Gasteiger partial charge in [-0.1, -0.05) is 30.3 Å². The minimum absolute atomic E-state index is 0.00144. The number of hydrogen-bond acceptors (Lipinski definition) is 4. The molecule has 1 aromatic heterocycles. The van der Waals surface area contributed by atoms with Gasteiger partial charge in [-0.05, 0) is 29.7 Å². The first kappa shape index (κ1) is 14.9. The predicted molar refractivity (Wildman–Crippen MR) is 101 cm³/mol. The van der Waals surface area contributed by atoms with E-state index in [2.05, 4.69) is 51.2 Å². The molecular formula is C21H23N3O2. The summed E-state index contributed by atoms with van der Waals surface area (Å²) < 4.78 is 5.45. The third-order valence-corrected chi connectivity index (χ3v) is 6.72. The van der Waals surface area contributed by atoms with Crippen molar-refractivity contribution < 1.29 is 4.74 Å². The third-order valence-electron chi connectivity index (χ3n) is 6.72. The van der Waals surface area contributed by atoms with Crippen LogP contribution in [0.15, 0.2) is 47.3 Å². The Balaban J connectivity index is 1.32. The predicted octanol–water partition coefficient (Wildman–Crippen LogP) is 1.89. The molecule has 5 atom stereocenters. The molecule has 0 amide bonds. The molecule has 0 radical (unpaired) electrons. The van der Waals surface area contributed by atoms with Crippen LogP contribution < -0.4 is 15.4 Å². The van der Waals surface area contributed by atoms with Crippen molar-refractivity contribution in [3.05, 3.63) is 58.4 Å². The second-order valence-electron chi connectivity index (χ2n) is 8.07. The largest absolute Gasteiger partial charge is 0.378 e. The van der Waals surface area contributed by atoms with E-state index in [9.17, 15) is 4.79 Å². The van der Waals surface area contributed by atoms with Gasteiger partial charge in [0, 0.05) is 43.0 Å². The summed E-state index contributed by atoms with van der Waals surface area (Å²) in [5.74, 6) is 3.59. The molecule has 2 aromatic rings. The number of hydrogen-bond donors (Lipinski definition) is 1. The average Bonchev–Trinajstić information content (AvgIpc) is 3.52. The zero-order valence-corrected chi connectivity index (χ0v) is 14.7. The van der Waals surface area contributed by atoms with Gasteiger partial charge in [-0.25, -0.2) is 0 Å². The fourth-order valence-electron chi connectivity index (χ4n) is 5.41. The Hall–Kier alpha value is -2.27. The molecule has 3 aliphatic heterocycles. The third kappa shape index (κ3) is 2.16. The highest BCUT2D eigenvalue weighted by Gasteiger charge is 2.84. The summed E-state index contributed by atoms with van der Waals surface area (Å²) in [6.07, 6.45) is 1.07. The number of nitrogens with zero attached hydrogens (tertiary/aromatic N) is 2. The van der Waals surface area contributed by atoms with Crippen LogP contribution in [-0.4, -0.2) is 43.4 Å². The van der Waals surface area contributed by atoms with Gasteiger partial charge in [0.1, 0.15) is 5.82 Å². The van der Waals surface area contributed by atoms with Gasteiger partial charge in [0.15, 0.2) is 0 Å². The molecule has 2 unspecified atom stereocenters. The van der Waals surface area contributed by atoms with E-state index in [1.807, 2.05) is 0 Å². The number of pyridine rings is 1. The molecule has 5 nitrogen and oxygen atoms in total. The van der Waals surface area contributed by atoms with Gasteiger partial charge >= 0.3 is 0 Å². The molecule has 2 saturated carbocycles. The van der Waals surface area contributed by atoms with E-state index in [-0.39, 0.29) is 5.56 Å². The molecule has 2 bridgehead atoms. The zero-order valence-electron chi connectivity index (χ0n) is 14.7. The van der Waals surface area contributed by atoms with E-state index in [0.29, 0.717) is 12.1 Å². The number of H-pyrrole nitrogens is 1. The smallest absolute Gasteiger partial charge is 0.251 e. The molecule has 0 spiro atoms. The number of rotatable bonds is 4. The fraction of sp³-hybridized carbons (Fsp3) is 0.476. The molecule has 4 heterocycles. The number of piperidine rings is 1. The second-order valence-corrected chi connectivity index (χ2v) is 8.07. The number of fused-ring (bicyclic) bond motifs is 1. The summed E-state index contributed by atoms with van der Waals surface area (Å²) in [6, 6.07) is 15.8. The standard InChI is InChI=1S/C21H23N3O2/c25-17-12-14(23-6-8-26-9-7-23)11-16(22-17)24-15(18-19-20(18)21(19)24)10-13-4-2-1-3-5-13/h1-5,11-12,15,18-21H,6-10H2,(H,22,25)/t15-,18-,19?,20-,21?/m1/s1. The Morgan fingerprint density at radius 3 is 2.58 bits per heavy atom. The lowest BCUT2D eigenvalue weighted by Crippen LogP contribution is -2.38. The van der Waals surface area contributed by atoms with Gasteiger partial charge < -0.3 is 19.5 Å². The Kier molecular flexibility index (Phi) is 3.06. The summed E-state index contributed by atoms with van der Waals surface area (Å²) in [5.41, 5.74) is 2.42. The van der Waals surface area contributed by atoms with Gasteiger partial charge in [0.2, 0.25) is 0 Å². The molecule has 5 fully saturated rings. The van der Waals surface area contributed by atoms with Crippen molar-refractivity contribution in [1.82, 2.24) is 4.98 Å². The van der Waals surface area contributed by atoms with Crippen molar-refractivity contribution in [3.8, 4) is 0 Å². The van der Waals surface area contributed by atoms with E-state index >= 15 is 0 Å². The van der Waals surface area contributed by atoms with Gasteiger partial charge in [-0.15, -0.1) is 0 Å². The highest BCUT2D eigenvalue weighted by Crippen LogP contribution is 2.78. The quantitative estimate of drug-likeness (QED) is 0.916. The molecule has 3 saturated heterocycles. The van der Waals surface area contributed by atoms with Crippen LogP contribution in [-0.2, 0) is 11.2 Å². The van der Waals surface area contributed by atoms with Crippen LogP contribution >= 0.6 is 0 Å². The summed E-state index contributed by atoms with van der Waals surface area (Å²) >= 11 is 0. The molecule has 7 rings (SSSR count). The van der Waals surface area contributed by atoms with Crippen LogP contribution in [0.5, 0.6) is 0 Å². The lowest BCUT2D eigenvalue weighted by molar-refractivity contribution is 0.122. The Labute approximate surface area is 152 Å². The normalized spacial score (nSPS) is 33.9. The van der Waals surface area contributed by atoms with Gasteiger partial charge in [-0.2, -0.15) is 0 Å². The topological polar surface area (TPSA) is 48.6 Å².